The molecule has 3 rings (SSSR count). The van der Waals surface area contributed by atoms with Crippen molar-refractivity contribution in [2.45, 2.75) is 33.2 Å². The van der Waals surface area contributed by atoms with Gasteiger partial charge in [0.05, 0.1) is 16.8 Å². The molecule has 1 aliphatic rings. The van der Waals surface area contributed by atoms with E-state index in [0.717, 1.165) is 20.7 Å². The first-order valence-corrected chi connectivity index (χ1v) is 9.88. The summed E-state index contributed by atoms with van der Waals surface area (Å²) in [5, 5.41) is 0.636. The first kappa shape index (κ1) is 19.7. The van der Waals surface area contributed by atoms with Crippen LogP contribution in [0.25, 0.3) is 10.2 Å². The minimum Gasteiger partial charge on any atom is -0.380 e. The number of ether oxygens (including phenoxy) is 1. The van der Waals surface area contributed by atoms with E-state index in [-0.39, 0.29) is 31.2 Å². The maximum Gasteiger partial charge on any atom is 0.268 e. The number of amides is 3. The van der Waals surface area contributed by atoms with E-state index < -0.39 is 5.91 Å². The number of hydrogen-bond acceptors (Lipinski definition) is 5. The monoisotopic (exact) mass is 409 g/mol. The Bertz CT molecular complexity index is 963. The number of carbonyl (C=O) groups excluding carboxylic acids is 3. The number of fused-ring (bicyclic) bond motifs is 1. The van der Waals surface area contributed by atoms with E-state index in [9.17, 15) is 14.4 Å². The number of hydrogen-bond donors (Lipinski definition) is 0. The molecule has 0 N–H and O–H groups in total. The SMILES string of the molecule is CCOCCn1c(=NC(=O)CN2C(=O)CCC2=O)sc2ccc(Cl)c(C)c21. The Kier molecular flexibility index (Phi) is 6.08. The highest BCUT2D eigenvalue weighted by molar-refractivity contribution is 7.16. The van der Waals surface area contributed by atoms with Crippen molar-refractivity contribution in [1.29, 1.82) is 0 Å². The number of thiazole rings is 1. The van der Waals surface area contributed by atoms with Gasteiger partial charge in [-0.2, -0.15) is 4.99 Å². The van der Waals surface area contributed by atoms with Crippen LogP contribution >= 0.6 is 22.9 Å². The summed E-state index contributed by atoms with van der Waals surface area (Å²) in [6.45, 7) is 5.09. The predicted octanol–water partition coefficient (Wildman–Crippen LogP) is 2.28. The Balaban J connectivity index is 1.98. The second-order valence-electron chi connectivity index (χ2n) is 6.13. The smallest absolute Gasteiger partial charge is 0.268 e. The standard InChI is InChI=1S/C18H20ClN3O4S/c1-3-26-9-8-21-17-11(2)12(19)4-5-13(17)27-18(21)20-14(23)10-22-15(24)6-7-16(22)25/h4-5H,3,6-10H2,1-2H3. The average molecular weight is 410 g/mol. The summed E-state index contributed by atoms with van der Waals surface area (Å²) in [4.78, 5) is 41.5. The topological polar surface area (TPSA) is 81.0 Å². The van der Waals surface area contributed by atoms with Crippen molar-refractivity contribution in [3.8, 4) is 0 Å². The zero-order valence-corrected chi connectivity index (χ0v) is 16.7. The maximum absolute atomic E-state index is 12.4. The maximum atomic E-state index is 12.4. The van der Waals surface area contributed by atoms with Crippen LogP contribution in [0, 0.1) is 6.92 Å². The highest BCUT2D eigenvalue weighted by Gasteiger charge is 2.30. The van der Waals surface area contributed by atoms with Crippen molar-refractivity contribution >= 4 is 50.9 Å². The predicted molar refractivity (Wildman–Crippen MR) is 103 cm³/mol. The molecule has 3 amide bonds. The molecule has 1 saturated heterocycles. The van der Waals surface area contributed by atoms with Crippen LogP contribution in [0.2, 0.25) is 5.02 Å². The van der Waals surface area contributed by atoms with Gasteiger partial charge in [-0.1, -0.05) is 22.9 Å². The average Bonchev–Trinajstić information content (AvgIpc) is 3.13. The number of carbonyl (C=O) groups is 3. The van der Waals surface area contributed by atoms with Crippen LogP contribution in [0.3, 0.4) is 0 Å². The molecule has 0 radical (unpaired) electrons. The first-order valence-electron chi connectivity index (χ1n) is 8.69. The molecule has 0 atom stereocenters. The molecule has 1 aromatic heterocycles. The van der Waals surface area contributed by atoms with Gasteiger partial charge in [-0.3, -0.25) is 19.3 Å². The van der Waals surface area contributed by atoms with Gasteiger partial charge in [0.1, 0.15) is 6.54 Å². The fraction of sp³-hybridized carbons (Fsp3) is 0.444. The van der Waals surface area contributed by atoms with Crippen LogP contribution < -0.4 is 4.80 Å². The van der Waals surface area contributed by atoms with Crippen LogP contribution in [0.1, 0.15) is 25.3 Å². The number of benzene rings is 1. The summed E-state index contributed by atoms with van der Waals surface area (Å²) < 4.78 is 8.31. The van der Waals surface area contributed by atoms with Gasteiger partial charge in [0.2, 0.25) is 11.8 Å². The number of nitrogens with zero attached hydrogens (tertiary/aromatic N) is 3. The summed E-state index contributed by atoms with van der Waals surface area (Å²) in [5.41, 5.74) is 1.81. The van der Waals surface area contributed by atoms with E-state index >= 15 is 0 Å². The van der Waals surface area contributed by atoms with E-state index in [4.69, 9.17) is 16.3 Å². The van der Waals surface area contributed by atoms with Crippen molar-refractivity contribution in [2.24, 2.45) is 4.99 Å². The molecule has 0 spiro atoms. The lowest BCUT2D eigenvalue weighted by molar-refractivity contribution is -0.141. The van der Waals surface area contributed by atoms with Crippen LogP contribution in [0.5, 0.6) is 0 Å². The van der Waals surface area contributed by atoms with Crippen molar-refractivity contribution in [1.82, 2.24) is 9.47 Å². The zero-order valence-electron chi connectivity index (χ0n) is 15.2. The van der Waals surface area contributed by atoms with E-state index in [2.05, 4.69) is 4.99 Å². The molecule has 2 aromatic rings. The third-order valence-corrected chi connectivity index (χ3v) is 5.81. The molecule has 0 unspecified atom stereocenters. The third-order valence-electron chi connectivity index (χ3n) is 4.36. The van der Waals surface area contributed by atoms with Gasteiger partial charge in [0.15, 0.2) is 4.80 Å². The van der Waals surface area contributed by atoms with E-state index in [1.54, 1.807) is 0 Å². The van der Waals surface area contributed by atoms with Gasteiger partial charge in [-0.05, 0) is 31.5 Å². The molecular formula is C18H20ClN3O4S. The van der Waals surface area contributed by atoms with Gasteiger partial charge < -0.3 is 9.30 Å². The Labute approximate surface area is 165 Å². The van der Waals surface area contributed by atoms with Crippen LogP contribution in [0.4, 0.5) is 0 Å². The molecule has 0 bridgehead atoms. The Morgan fingerprint density at radius 1 is 1.30 bits per heavy atom. The fourth-order valence-electron chi connectivity index (χ4n) is 2.98. The molecule has 1 aromatic carbocycles. The van der Waals surface area contributed by atoms with Gasteiger partial charge >= 0.3 is 0 Å². The lowest BCUT2D eigenvalue weighted by atomic mass is 10.2. The zero-order chi connectivity index (χ0) is 19.6. The molecule has 7 nitrogen and oxygen atoms in total. The number of likely N-dealkylation sites (tertiary alicyclic amines) is 1. The first-order chi connectivity index (χ1) is 12.9. The Morgan fingerprint density at radius 2 is 2.00 bits per heavy atom. The van der Waals surface area contributed by atoms with E-state index in [1.807, 2.05) is 30.5 Å². The number of rotatable bonds is 6. The van der Waals surface area contributed by atoms with Crippen LogP contribution in [-0.2, 0) is 25.7 Å². The number of imide groups is 1. The Morgan fingerprint density at radius 3 is 2.67 bits per heavy atom. The summed E-state index contributed by atoms with van der Waals surface area (Å²) in [6, 6.07) is 3.71. The van der Waals surface area contributed by atoms with E-state index in [1.165, 1.54) is 11.3 Å². The van der Waals surface area contributed by atoms with Crippen LogP contribution in [-0.4, -0.2) is 46.9 Å². The molecule has 9 heteroatoms. The van der Waals surface area contributed by atoms with Gasteiger partial charge in [-0.25, -0.2) is 0 Å². The molecular weight excluding hydrogens is 390 g/mol. The minimum absolute atomic E-state index is 0.154. The lowest BCUT2D eigenvalue weighted by Crippen LogP contribution is -2.34. The van der Waals surface area contributed by atoms with E-state index in [0.29, 0.717) is 29.6 Å². The molecule has 1 aliphatic heterocycles. The second-order valence-corrected chi connectivity index (χ2v) is 7.55. The summed E-state index contributed by atoms with van der Waals surface area (Å²) in [5.74, 6) is -1.18. The Hall–Kier alpha value is -2.03. The number of aromatic nitrogens is 1. The third kappa shape index (κ3) is 4.12. The minimum atomic E-state index is -0.529. The highest BCUT2D eigenvalue weighted by Crippen LogP contribution is 2.27. The quantitative estimate of drug-likeness (QED) is 0.541. The summed E-state index contributed by atoms with van der Waals surface area (Å²) in [7, 11) is 0. The number of halogens is 1. The molecule has 144 valence electrons. The molecule has 0 saturated carbocycles. The van der Waals surface area contributed by atoms with Crippen LogP contribution in [0.15, 0.2) is 17.1 Å². The summed E-state index contributed by atoms with van der Waals surface area (Å²) >= 11 is 7.63. The summed E-state index contributed by atoms with van der Waals surface area (Å²) in [6.07, 6.45) is 0.308. The molecule has 1 fully saturated rings. The lowest BCUT2D eigenvalue weighted by Gasteiger charge is -2.10. The normalized spacial score (nSPS) is 15.4. The van der Waals surface area contributed by atoms with Gasteiger partial charge in [-0.15, -0.1) is 0 Å². The largest absolute Gasteiger partial charge is 0.380 e. The van der Waals surface area contributed by atoms with Crippen molar-refractivity contribution in [3.05, 3.63) is 27.5 Å². The van der Waals surface area contributed by atoms with Gasteiger partial charge in [0, 0.05) is 31.0 Å². The molecule has 27 heavy (non-hydrogen) atoms. The fourth-order valence-corrected chi connectivity index (χ4v) is 4.27. The second kappa shape index (κ2) is 8.33. The highest BCUT2D eigenvalue weighted by atomic mass is 35.5. The van der Waals surface area contributed by atoms with Gasteiger partial charge in [0.25, 0.3) is 5.91 Å². The van der Waals surface area contributed by atoms with Crippen molar-refractivity contribution in [2.75, 3.05) is 19.8 Å². The number of aryl methyl sites for hydroxylation is 1. The van der Waals surface area contributed by atoms with Crippen molar-refractivity contribution in [3.63, 3.8) is 0 Å². The van der Waals surface area contributed by atoms with Crippen molar-refractivity contribution < 1.29 is 19.1 Å². The molecule has 0 aliphatic carbocycles. The molecule has 2 heterocycles.